The summed E-state index contributed by atoms with van der Waals surface area (Å²) in [5.41, 5.74) is 6.30. The average molecular weight is 420 g/mol. The van der Waals surface area contributed by atoms with Crippen molar-refractivity contribution in [3.8, 4) is 11.1 Å². The molecule has 0 amide bonds. The van der Waals surface area contributed by atoms with Crippen LogP contribution in [0.1, 0.15) is 29.5 Å². The molecule has 1 heterocycles. The molecule has 0 bridgehead atoms. The fourth-order valence-electron chi connectivity index (χ4n) is 3.53. The van der Waals surface area contributed by atoms with Crippen molar-refractivity contribution in [2.24, 2.45) is 10.2 Å². The van der Waals surface area contributed by atoms with E-state index in [9.17, 15) is 13.0 Å². The van der Waals surface area contributed by atoms with E-state index in [4.69, 9.17) is 0 Å². The van der Waals surface area contributed by atoms with E-state index in [-0.39, 0.29) is 5.75 Å². The van der Waals surface area contributed by atoms with Gasteiger partial charge in [-0.15, -0.1) is 5.10 Å². The minimum Gasteiger partial charge on any atom is -0.748 e. The second-order valence-electron chi connectivity index (χ2n) is 7.12. The SMILES string of the molecule is O=S(=O)([O-])CCCC[n+]1ccc(/C=N/N=C2c3ccccc3-c3ccccc32)cc1. The van der Waals surface area contributed by atoms with Crippen molar-refractivity contribution >= 4 is 22.0 Å². The molecule has 0 saturated heterocycles. The summed E-state index contributed by atoms with van der Waals surface area (Å²) in [6, 6.07) is 20.2. The molecule has 0 spiro atoms. The van der Waals surface area contributed by atoms with Crippen LogP contribution in [0.5, 0.6) is 0 Å². The van der Waals surface area contributed by atoms with Crippen LogP contribution in [0.15, 0.2) is 83.3 Å². The maximum absolute atomic E-state index is 10.6. The Morgan fingerprint density at radius 2 is 1.40 bits per heavy atom. The summed E-state index contributed by atoms with van der Waals surface area (Å²) >= 11 is 0. The highest BCUT2D eigenvalue weighted by Gasteiger charge is 2.23. The number of hydrogen-bond acceptors (Lipinski definition) is 5. The van der Waals surface area contributed by atoms with Crippen molar-refractivity contribution in [1.82, 2.24) is 0 Å². The number of rotatable bonds is 7. The van der Waals surface area contributed by atoms with E-state index in [1.54, 1.807) is 6.21 Å². The van der Waals surface area contributed by atoms with Gasteiger partial charge in [-0.2, -0.15) is 5.10 Å². The van der Waals surface area contributed by atoms with Crippen molar-refractivity contribution in [1.29, 1.82) is 0 Å². The topological polar surface area (TPSA) is 85.8 Å². The second kappa shape index (κ2) is 8.69. The number of unbranched alkanes of at least 4 members (excludes halogenated alkanes) is 1. The minimum absolute atomic E-state index is 0.315. The molecule has 0 radical (unpaired) electrons. The highest BCUT2D eigenvalue weighted by Crippen LogP contribution is 2.36. The molecule has 2 aromatic carbocycles. The largest absolute Gasteiger partial charge is 0.748 e. The lowest BCUT2D eigenvalue weighted by Crippen LogP contribution is -2.32. The number of benzene rings is 2. The van der Waals surface area contributed by atoms with E-state index in [1.807, 2.05) is 53.4 Å². The van der Waals surface area contributed by atoms with Crippen molar-refractivity contribution in [3.05, 3.63) is 89.7 Å². The van der Waals surface area contributed by atoms with Crippen molar-refractivity contribution in [3.63, 3.8) is 0 Å². The number of hydrogen-bond donors (Lipinski definition) is 0. The van der Waals surface area contributed by atoms with Crippen LogP contribution >= 0.6 is 0 Å². The lowest BCUT2D eigenvalue weighted by Gasteiger charge is -2.04. The van der Waals surface area contributed by atoms with E-state index in [0.717, 1.165) is 22.4 Å². The fraction of sp³-hybridized carbons (Fsp3) is 0.174. The lowest BCUT2D eigenvalue weighted by molar-refractivity contribution is -0.697. The first-order chi connectivity index (χ1) is 14.5. The molecule has 0 atom stereocenters. The first kappa shape index (κ1) is 20.1. The van der Waals surface area contributed by atoms with Crippen LogP contribution in [0.3, 0.4) is 0 Å². The zero-order valence-corrected chi connectivity index (χ0v) is 17.1. The Labute approximate surface area is 176 Å². The molecule has 30 heavy (non-hydrogen) atoms. The van der Waals surface area contributed by atoms with Crippen molar-refractivity contribution in [2.75, 3.05) is 5.75 Å². The van der Waals surface area contributed by atoms with Crippen molar-refractivity contribution in [2.45, 2.75) is 19.4 Å². The zero-order valence-electron chi connectivity index (χ0n) is 16.3. The van der Waals surface area contributed by atoms with Gasteiger partial charge in [0.25, 0.3) is 0 Å². The first-order valence-corrected chi connectivity index (χ1v) is 11.3. The maximum Gasteiger partial charge on any atom is 0.169 e. The molecule has 6 nitrogen and oxygen atoms in total. The van der Waals surface area contributed by atoms with E-state index < -0.39 is 10.1 Å². The summed E-state index contributed by atoms with van der Waals surface area (Å²) in [4.78, 5) is 0. The summed E-state index contributed by atoms with van der Waals surface area (Å²) in [6.45, 7) is 0.656. The quantitative estimate of drug-likeness (QED) is 0.152. The predicted molar refractivity (Wildman–Crippen MR) is 116 cm³/mol. The van der Waals surface area contributed by atoms with Gasteiger partial charge in [-0.25, -0.2) is 13.0 Å². The molecule has 1 aliphatic rings. The fourth-order valence-corrected chi connectivity index (χ4v) is 4.09. The van der Waals surface area contributed by atoms with Crippen molar-refractivity contribution < 1.29 is 17.5 Å². The number of pyridine rings is 1. The van der Waals surface area contributed by atoms with E-state index in [2.05, 4.69) is 34.5 Å². The van der Waals surface area contributed by atoms with E-state index >= 15 is 0 Å². The second-order valence-corrected chi connectivity index (χ2v) is 8.65. The highest BCUT2D eigenvalue weighted by molar-refractivity contribution is 7.85. The molecule has 0 unspecified atom stereocenters. The molecule has 4 rings (SSSR count). The lowest BCUT2D eigenvalue weighted by atomic mass is 10.1. The number of fused-ring (bicyclic) bond motifs is 3. The summed E-state index contributed by atoms with van der Waals surface area (Å²) in [6.07, 6.45) is 6.51. The summed E-state index contributed by atoms with van der Waals surface area (Å²) < 4.78 is 33.8. The highest BCUT2D eigenvalue weighted by atomic mass is 32.2. The van der Waals surface area contributed by atoms with Gasteiger partial charge in [0, 0.05) is 41.0 Å². The standard InChI is InChI=1S/C23H21N3O3S/c27-30(28,29)16-6-5-13-26-14-11-18(12-15-26)17-24-25-23-21-9-3-1-7-19(21)20-8-2-4-10-22(20)23/h1-4,7-12,14-15,17H,5-6,13,16H2. The van der Waals surface area contributed by atoms with Gasteiger partial charge < -0.3 is 4.55 Å². The van der Waals surface area contributed by atoms with E-state index in [1.165, 1.54) is 11.1 Å². The van der Waals surface area contributed by atoms with Crippen LogP contribution in [-0.2, 0) is 16.7 Å². The molecular formula is C23H21N3O3S. The maximum atomic E-state index is 10.6. The Morgan fingerprint density at radius 1 is 0.833 bits per heavy atom. The molecule has 0 N–H and O–H groups in total. The van der Waals surface area contributed by atoms with Gasteiger partial charge in [0.2, 0.25) is 0 Å². The molecular weight excluding hydrogens is 398 g/mol. The molecule has 1 aromatic heterocycles. The van der Waals surface area contributed by atoms with Crippen LogP contribution in [0.2, 0.25) is 0 Å². The molecule has 0 saturated carbocycles. The van der Waals surface area contributed by atoms with E-state index in [0.29, 0.717) is 19.4 Å². The smallest absolute Gasteiger partial charge is 0.169 e. The molecule has 0 aliphatic heterocycles. The van der Waals surface area contributed by atoms with Gasteiger partial charge in [-0.1, -0.05) is 48.5 Å². The van der Waals surface area contributed by atoms with Gasteiger partial charge in [0.05, 0.1) is 16.3 Å². The Balaban J connectivity index is 1.44. The van der Waals surface area contributed by atoms with Gasteiger partial charge >= 0.3 is 0 Å². The van der Waals surface area contributed by atoms with Crippen LogP contribution in [-0.4, -0.2) is 30.6 Å². The molecule has 3 aromatic rings. The monoisotopic (exact) mass is 419 g/mol. The Kier molecular flexibility index (Phi) is 5.83. The predicted octanol–water partition coefficient (Wildman–Crippen LogP) is 3.15. The Morgan fingerprint density at radius 3 is 1.97 bits per heavy atom. The Bertz CT molecular complexity index is 1170. The molecule has 7 heteroatoms. The normalized spacial score (nSPS) is 12.8. The molecule has 1 aliphatic carbocycles. The van der Waals surface area contributed by atoms with Gasteiger partial charge in [-0.3, -0.25) is 0 Å². The molecule has 0 fully saturated rings. The van der Waals surface area contributed by atoms with Crippen LogP contribution in [0.25, 0.3) is 11.1 Å². The number of aryl methyl sites for hydroxylation is 1. The third-order valence-electron chi connectivity index (χ3n) is 5.00. The average Bonchev–Trinajstić information content (AvgIpc) is 3.06. The van der Waals surface area contributed by atoms with Crippen LogP contribution in [0.4, 0.5) is 0 Å². The number of aromatic nitrogens is 1. The van der Waals surface area contributed by atoms with Crippen LogP contribution in [0, 0.1) is 0 Å². The van der Waals surface area contributed by atoms with Gasteiger partial charge in [0.15, 0.2) is 12.4 Å². The third kappa shape index (κ3) is 4.69. The molecule has 152 valence electrons. The van der Waals surface area contributed by atoms with Crippen LogP contribution < -0.4 is 4.57 Å². The summed E-state index contributed by atoms with van der Waals surface area (Å²) in [7, 11) is -4.13. The first-order valence-electron chi connectivity index (χ1n) is 9.74. The zero-order chi connectivity index (χ0) is 21.0. The minimum atomic E-state index is -4.13. The van der Waals surface area contributed by atoms with Gasteiger partial charge in [0.1, 0.15) is 12.3 Å². The van der Waals surface area contributed by atoms with Gasteiger partial charge in [-0.05, 0) is 17.5 Å². The summed E-state index contributed by atoms with van der Waals surface area (Å²) in [5.74, 6) is -0.315. The Hall–Kier alpha value is -3.16. The third-order valence-corrected chi connectivity index (χ3v) is 5.79. The number of nitrogens with zero attached hydrogens (tertiary/aromatic N) is 3. The summed E-state index contributed by atoms with van der Waals surface area (Å²) in [5, 5.41) is 8.81.